The van der Waals surface area contributed by atoms with E-state index in [1.165, 1.54) is 16.4 Å². The molecule has 0 aromatic heterocycles. The Labute approximate surface area is 166 Å². The van der Waals surface area contributed by atoms with Crippen LogP contribution in [0, 0.1) is 11.7 Å². The van der Waals surface area contributed by atoms with E-state index >= 15 is 0 Å². The highest BCUT2D eigenvalue weighted by Crippen LogP contribution is 2.26. The monoisotopic (exact) mass is 419 g/mol. The number of halogens is 2. The van der Waals surface area contributed by atoms with Gasteiger partial charge in [-0.25, -0.2) is 12.8 Å². The van der Waals surface area contributed by atoms with E-state index in [0.717, 1.165) is 31.5 Å². The number of likely N-dealkylation sites (tertiary alicyclic amines) is 1. The fourth-order valence-corrected chi connectivity index (χ4v) is 5.31. The molecule has 2 aliphatic heterocycles. The zero-order valence-electron chi connectivity index (χ0n) is 15.4. The van der Waals surface area contributed by atoms with E-state index in [9.17, 15) is 17.6 Å². The number of carbonyl (C=O) groups excluding carboxylic acids is 1. The lowest BCUT2D eigenvalue weighted by Crippen LogP contribution is -2.52. The Morgan fingerprint density at radius 3 is 2.44 bits per heavy atom. The molecule has 2 atom stereocenters. The number of piperidine rings is 2. The van der Waals surface area contributed by atoms with Crippen molar-refractivity contribution in [2.45, 2.75) is 36.6 Å². The maximum atomic E-state index is 13.1. The maximum absolute atomic E-state index is 13.1. The first kappa shape index (κ1) is 22.1. The summed E-state index contributed by atoms with van der Waals surface area (Å²) in [6.45, 7) is 2.00. The van der Waals surface area contributed by atoms with Crippen LogP contribution < -0.4 is 5.32 Å². The fraction of sp³-hybridized carbons (Fsp3) is 0.611. The molecule has 2 heterocycles. The molecule has 2 fully saturated rings. The molecule has 0 radical (unpaired) electrons. The number of carbonyl (C=O) groups is 1. The lowest BCUT2D eigenvalue weighted by molar-refractivity contribution is -0.138. The van der Waals surface area contributed by atoms with E-state index in [4.69, 9.17) is 0 Å². The van der Waals surface area contributed by atoms with Crippen LogP contribution in [0.25, 0.3) is 0 Å². The van der Waals surface area contributed by atoms with Gasteiger partial charge in [0.15, 0.2) is 0 Å². The molecule has 2 unspecified atom stereocenters. The molecule has 2 aliphatic rings. The van der Waals surface area contributed by atoms with Gasteiger partial charge in [-0.2, -0.15) is 4.31 Å². The Kier molecular flexibility index (Phi) is 7.62. The molecular weight excluding hydrogens is 393 g/mol. The summed E-state index contributed by atoms with van der Waals surface area (Å²) in [5.41, 5.74) is 0. The summed E-state index contributed by atoms with van der Waals surface area (Å²) in [7, 11) is -1.81. The number of likely N-dealkylation sites (N-methyl/N-ethyl adjacent to an activating group) is 1. The molecule has 0 saturated carbocycles. The Bertz CT molecular complexity index is 745. The van der Waals surface area contributed by atoms with Gasteiger partial charge in [0.25, 0.3) is 0 Å². The molecule has 27 heavy (non-hydrogen) atoms. The van der Waals surface area contributed by atoms with Crippen molar-refractivity contribution >= 4 is 28.3 Å². The average molecular weight is 420 g/mol. The van der Waals surface area contributed by atoms with Crippen LogP contribution in [-0.4, -0.2) is 62.8 Å². The summed E-state index contributed by atoms with van der Waals surface area (Å²) >= 11 is 0. The molecule has 1 amide bonds. The Morgan fingerprint density at radius 1 is 1.11 bits per heavy atom. The number of benzene rings is 1. The summed E-state index contributed by atoms with van der Waals surface area (Å²) < 4.78 is 40.1. The molecule has 3 rings (SSSR count). The summed E-state index contributed by atoms with van der Waals surface area (Å²) in [6, 6.07) is 5.14. The highest BCUT2D eigenvalue weighted by atomic mass is 35.5. The summed E-state index contributed by atoms with van der Waals surface area (Å²) in [4.78, 5) is 14.8. The first-order valence-electron chi connectivity index (χ1n) is 9.13. The van der Waals surface area contributed by atoms with Crippen molar-refractivity contribution in [2.75, 3.05) is 33.2 Å². The van der Waals surface area contributed by atoms with E-state index in [-0.39, 0.29) is 35.7 Å². The number of sulfonamides is 1. The van der Waals surface area contributed by atoms with Gasteiger partial charge in [-0.3, -0.25) is 4.79 Å². The average Bonchev–Trinajstić information content (AvgIpc) is 2.68. The number of amides is 1. The van der Waals surface area contributed by atoms with Crippen molar-refractivity contribution in [1.82, 2.24) is 14.5 Å². The second-order valence-corrected chi connectivity index (χ2v) is 9.01. The van der Waals surface area contributed by atoms with Crippen LogP contribution >= 0.6 is 12.4 Å². The van der Waals surface area contributed by atoms with Crippen LogP contribution in [0.15, 0.2) is 29.2 Å². The topological polar surface area (TPSA) is 69.7 Å². The molecular formula is C18H27ClFN3O3S. The third kappa shape index (κ3) is 4.99. The van der Waals surface area contributed by atoms with Gasteiger partial charge in [0.2, 0.25) is 15.9 Å². The van der Waals surface area contributed by atoms with Crippen LogP contribution in [0.3, 0.4) is 0 Å². The minimum Gasteiger partial charge on any atom is -0.341 e. The highest BCUT2D eigenvalue weighted by Gasteiger charge is 2.36. The summed E-state index contributed by atoms with van der Waals surface area (Å²) in [5, 5.41) is 3.22. The van der Waals surface area contributed by atoms with Crippen LogP contribution in [0.1, 0.15) is 25.7 Å². The number of nitrogens with one attached hydrogen (secondary N) is 1. The molecule has 152 valence electrons. The third-order valence-electron chi connectivity index (χ3n) is 5.33. The lowest BCUT2D eigenvalue weighted by Gasteiger charge is -2.37. The van der Waals surface area contributed by atoms with E-state index in [2.05, 4.69) is 5.32 Å². The van der Waals surface area contributed by atoms with Gasteiger partial charge in [-0.1, -0.05) is 0 Å². The van der Waals surface area contributed by atoms with Gasteiger partial charge in [-0.15, -0.1) is 12.4 Å². The Morgan fingerprint density at radius 2 is 1.78 bits per heavy atom. The molecule has 0 bridgehead atoms. The molecule has 1 N–H and O–H groups in total. The SMILES string of the molecule is CNC1CCCN(C(=O)C2CCCN(S(=O)(=O)c3ccc(F)cc3)C2)C1.Cl. The number of nitrogens with zero attached hydrogens (tertiary/aromatic N) is 2. The first-order chi connectivity index (χ1) is 12.4. The number of hydrogen-bond donors (Lipinski definition) is 1. The van der Waals surface area contributed by atoms with Crippen molar-refractivity contribution in [2.24, 2.45) is 5.92 Å². The van der Waals surface area contributed by atoms with Gasteiger partial charge < -0.3 is 10.2 Å². The molecule has 2 saturated heterocycles. The van der Waals surface area contributed by atoms with Crippen LogP contribution in [0.2, 0.25) is 0 Å². The van der Waals surface area contributed by atoms with Gasteiger partial charge in [0, 0.05) is 32.2 Å². The second kappa shape index (κ2) is 9.32. The van der Waals surface area contributed by atoms with Gasteiger partial charge in [0.05, 0.1) is 10.8 Å². The van der Waals surface area contributed by atoms with E-state index < -0.39 is 15.8 Å². The largest absolute Gasteiger partial charge is 0.341 e. The van der Waals surface area contributed by atoms with Crippen molar-refractivity contribution < 1.29 is 17.6 Å². The zero-order valence-corrected chi connectivity index (χ0v) is 17.1. The Balaban J connectivity index is 0.00000261. The minimum absolute atomic E-state index is 0. The van der Waals surface area contributed by atoms with Crippen LogP contribution in [0.5, 0.6) is 0 Å². The van der Waals surface area contributed by atoms with Crippen molar-refractivity contribution in [1.29, 1.82) is 0 Å². The van der Waals surface area contributed by atoms with Crippen LogP contribution in [-0.2, 0) is 14.8 Å². The van der Waals surface area contributed by atoms with E-state index in [0.29, 0.717) is 32.0 Å². The molecule has 6 nitrogen and oxygen atoms in total. The fourth-order valence-electron chi connectivity index (χ4n) is 3.79. The summed E-state index contributed by atoms with van der Waals surface area (Å²) in [6.07, 6.45) is 3.37. The third-order valence-corrected chi connectivity index (χ3v) is 7.21. The summed E-state index contributed by atoms with van der Waals surface area (Å²) in [5.74, 6) is -0.738. The van der Waals surface area contributed by atoms with Crippen molar-refractivity contribution in [3.8, 4) is 0 Å². The van der Waals surface area contributed by atoms with Gasteiger partial charge in [-0.05, 0) is 57.0 Å². The minimum atomic E-state index is -3.71. The normalized spacial score (nSPS) is 24.3. The van der Waals surface area contributed by atoms with E-state index in [1.807, 2.05) is 11.9 Å². The molecule has 0 aliphatic carbocycles. The quantitative estimate of drug-likeness (QED) is 0.808. The lowest BCUT2D eigenvalue weighted by atomic mass is 9.96. The molecule has 1 aromatic rings. The van der Waals surface area contributed by atoms with Gasteiger partial charge in [0.1, 0.15) is 5.82 Å². The van der Waals surface area contributed by atoms with Crippen molar-refractivity contribution in [3.05, 3.63) is 30.1 Å². The van der Waals surface area contributed by atoms with Gasteiger partial charge >= 0.3 is 0 Å². The zero-order chi connectivity index (χ0) is 18.7. The smallest absolute Gasteiger partial charge is 0.243 e. The second-order valence-electron chi connectivity index (χ2n) is 7.07. The Hall–Kier alpha value is -1.22. The first-order valence-corrected chi connectivity index (χ1v) is 10.6. The molecule has 0 spiro atoms. The molecule has 9 heteroatoms. The van der Waals surface area contributed by atoms with E-state index in [1.54, 1.807) is 0 Å². The van der Waals surface area contributed by atoms with Crippen LogP contribution in [0.4, 0.5) is 4.39 Å². The van der Waals surface area contributed by atoms with Crippen molar-refractivity contribution in [3.63, 3.8) is 0 Å². The number of rotatable bonds is 4. The standard InChI is InChI=1S/C18H26FN3O3S.ClH/c1-20-16-5-3-10-21(13-16)18(23)14-4-2-11-22(12-14)26(24,25)17-8-6-15(19)7-9-17;/h6-9,14,16,20H,2-5,10-13H2,1H3;1H. The molecule has 1 aromatic carbocycles. The number of hydrogen-bond acceptors (Lipinski definition) is 4. The predicted octanol–water partition coefficient (Wildman–Crippen LogP) is 1.86. The maximum Gasteiger partial charge on any atom is 0.243 e. The predicted molar refractivity (Wildman–Crippen MR) is 104 cm³/mol. The highest BCUT2D eigenvalue weighted by molar-refractivity contribution is 7.89.